The van der Waals surface area contributed by atoms with Gasteiger partial charge in [-0.2, -0.15) is 0 Å². The molecule has 0 rings (SSSR count). The van der Waals surface area contributed by atoms with E-state index in [4.69, 9.17) is 34.8 Å². The molecule has 0 aliphatic rings. The van der Waals surface area contributed by atoms with Crippen molar-refractivity contribution in [3.8, 4) is 0 Å². The predicted octanol–water partition coefficient (Wildman–Crippen LogP) is 3.03. The minimum absolute atomic E-state index is 0.0294. The van der Waals surface area contributed by atoms with Gasteiger partial charge in [0.05, 0.1) is 0 Å². The van der Waals surface area contributed by atoms with Gasteiger partial charge in [0.15, 0.2) is 0 Å². The second kappa shape index (κ2) is 8.97. The van der Waals surface area contributed by atoms with Crippen molar-refractivity contribution in [1.82, 2.24) is 0 Å². The molecule has 0 fully saturated rings. The summed E-state index contributed by atoms with van der Waals surface area (Å²) in [4.78, 5) is 32.2. The van der Waals surface area contributed by atoms with Gasteiger partial charge in [-0.1, -0.05) is 6.42 Å². The zero-order valence-electron chi connectivity index (χ0n) is 8.68. The first-order valence-corrected chi connectivity index (χ1v) is 6.16. The van der Waals surface area contributed by atoms with E-state index in [1.165, 1.54) is 0 Å². The molecule has 0 saturated heterocycles. The number of carbonyl (C=O) groups excluding carboxylic acids is 3. The van der Waals surface area contributed by atoms with Crippen molar-refractivity contribution in [2.75, 3.05) is 0 Å². The lowest BCUT2D eigenvalue weighted by Gasteiger charge is -2.03. The molecule has 16 heavy (non-hydrogen) atoms. The summed E-state index contributed by atoms with van der Waals surface area (Å²) in [6, 6.07) is 0. The zero-order chi connectivity index (χ0) is 12.6. The van der Waals surface area contributed by atoms with Crippen LogP contribution in [0.15, 0.2) is 0 Å². The van der Waals surface area contributed by atoms with Crippen molar-refractivity contribution in [3.63, 3.8) is 0 Å². The lowest BCUT2D eigenvalue weighted by Crippen LogP contribution is -2.13. The molecule has 0 heterocycles. The number of rotatable bonds is 9. The Bertz CT molecular complexity index is 266. The first kappa shape index (κ1) is 15.9. The molecule has 0 amide bonds. The van der Waals surface area contributed by atoms with Gasteiger partial charge in [-0.25, -0.2) is 0 Å². The fourth-order valence-corrected chi connectivity index (χ4v) is 1.53. The van der Waals surface area contributed by atoms with Crippen LogP contribution in [0.25, 0.3) is 0 Å². The minimum atomic E-state index is -0.932. The Kier molecular flexibility index (Phi) is 8.90. The predicted molar refractivity (Wildman–Crippen MR) is 64.1 cm³/mol. The quantitative estimate of drug-likeness (QED) is 0.372. The maximum Gasteiger partial charge on any atom is 0.239 e. The smallest absolute Gasteiger partial charge is 0.239 e. The van der Waals surface area contributed by atoms with Crippen molar-refractivity contribution in [2.45, 2.75) is 43.9 Å². The molecule has 1 unspecified atom stereocenters. The fraction of sp³-hybridized carbons (Fsp3) is 0.700. The summed E-state index contributed by atoms with van der Waals surface area (Å²) in [5, 5.41) is -2.00. The maximum atomic E-state index is 11.3. The van der Waals surface area contributed by atoms with Crippen LogP contribution in [0.2, 0.25) is 0 Å². The maximum absolute atomic E-state index is 11.3. The largest absolute Gasteiger partial charge is 0.300 e. The second-order valence-electron chi connectivity index (χ2n) is 3.43. The SMILES string of the molecule is O=C(Cl)CCCCCC(=O)CC(Cl)C(=O)Cl. The molecule has 92 valence electrons. The molecule has 3 nitrogen and oxygen atoms in total. The molecule has 0 aromatic heterocycles. The van der Waals surface area contributed by atoms with Gasteiger partial charge in [0.1, 0.15) is 11.2 Å². The standard InChI is InChI=1S/C10H13Cl3O3/c11-8(10(13)16)6-7(14)4-2-1-3-5-9(12)15/h8H,1-6H2. The average molecular weight is 288 g/mol. The van der Waals surface area contributed by atoms with Gasteiger partial charge in [0.2, 0.25) is 10.5 Å². The van der Waals surface area contributed by atoms with Gasteiger partial charge >= 0.3 is 0 Å². The van der Waals surface area contributed by atoms with Crippen molar-refractivity contribution in [2.24, 2.45) is 0 Å². The molecular weight excluding hydrogens is 274 g/mol. The van der Waals surface area contributed by atoms with Crippen LogP contribution in [-0.4, -0.2) is 21.6 Å². The molecule has 0 radical (unpaired) electrons. The molecule has 0 aromatic rings. The van der Waals surface area contributed by atoms with Crippen molar-refractivity contribution in [3.05, 3.63) is 0 Å². The number of halogens is 3. The summed E-state index contributed by atoms with van der Waals surface area (Å²) >= 11 is 15.8. The highest BCUT2D eigenvalue weighted by Crippen LogP contribution is 2.11. The molecule has 0 bridgehead atoms. The topological polar surface area (TPSA) is 51.2 Å². The first-order chi connectivity index (χ1) is 7.43. The van der Waals surface area contributed by atoms with Crippen LogP contribution in [0, 0.1) is 0 Å². The van der Waals surface area contributed by atoms with Crippen LogP contribution in [-0.2, 0) is 14.4 Å². The van der Waals surface area contributed by atoms with E-state index in [2.05, 4.69) is 0 Å². The Morgan fingerprint density at radius 3 is 2.00 bits per heavy atom. The Balaban J connectivity index is 3.51. The van der Waals surface area contributed by atoms with Crippen LogP contribution in [0.3, 0.4) is 0 Å². The Labute approximate surface area is 109 Å². The van der Waals surface area contributed by atoms with Crippen molar-refractivity contribution in [1.29, 1.82) is 0 Å². The number of alkyl halides is 1. The number of unbranched alkanes of at least 4 members (excludes halogenated alkanes) is 2. The Hall–Kier alpha value is -0.120. The third kappa shape index (κ3) is 9.13. The summed E-state index contributed by atoms with van der Waals surface area (Å²) in [5.41, 5.74) is 0. The second-order valence-corrected chi connectivity index (χ2v) is 4.75. The van der Waals surface area contributed by atoms with Crippen molar-refractivity contribution >= 4 is 51.1 Å². The fourth-order valence-electron chi connectivity index (χ4n) is 1.15. The monoisotopic (exact) mass is 286 g/mol. The molecule has 6 heteroatoms. The molecule has 0 spiro atoms. The third-order valence-corrected chi connectivity index (χ3v) is 2.90. The van der Waals surface area contributed by atoms with Crippen LogP contribution >= 0.6 is 34.8 Å². The van der Waals surface area contributed by atoms with Crippen LogP contribution in [0.4, 0.5) is 0 Å². The number of hydrogen-bond donors (Lipinski definition) is 0. The van der Waals surface area contributed by atoms with E-state index in [9.17, 15) is 14.4 Å². The van der Waals surface area contributed by atoms with Gasteiger partial charge in [0.25, 0.3) is 0 Å². The highest BCUT2D eigenvalue weighted by molar-refractivity contribution is 6.69. The van der Waals surface area contributed by atoms with Crippen molar-refractivity contribution < 1.29 is 14.4 Å². The van der Waals surface area contributed by atoms with E-state index < -0.39 is 10.6 Å². The van der Waals surface area contributed by atoms with E-state index in [-0.39, 0.29) is 17.4 Å². The Morgan fingerprint density at radius 2 is 1.50 bits per heavy atom. The third-order valence-electron chi connectivity index (χ3n) is 1.98. The highest BCUT2D eigenvalue weighted by atomic mass is 35.5. The first-order valence-electron chi connectivity index (χ1n) is 4.97. The number of ketones is 1. The lowest BCUT2D eigenvalue weighted by atomic mass is 10.1. The Morgan fingerprint density at radius 1 is 0.938 bits per heavy atom. The van der Waals surface area contributed by atoms with E-state index >= 15 is 0 Å². The molecule has 0 N–H and O–H groups in total. The number of Topliss-reactive ketones (excluding diaryl/α,β-unsaturated/α-hetero) is 1. The van der Waals surface area contributed by atoms with Gasteiger partial charge < -0.3 is 0 Å². The molecule has 0 saturated carbocycles. The molecule has 0 aromatic carbocycles. The zero-order valence-corrected chi connectivity index (χ0v) is 10.9. The summed E-state index contributed by atoms with van der Waals surface area (Å²) in [6.45, 7) is 0. The molecular formula is C10H13Cl3O3. The summed E-state index contributed by atoms with van der Waals surface area (Å²) in [7, 11) is 0. The van der Waals surface area contributed by atoms with E-state index in [1.54, 1.807) is 0 Å². The van der Waals surface area contributed by atoms with Crippen LogP contribution in [0.5, 0.6) is 0 Å². The average Bonchev–Trinajstić information content (AvgIpc) is 2.16. The van der Waals surface area contributed by atoms with E-state index in [1.807, 2.05) is 0 Å². The van der Waals surface area contributed by atoms with Gasteiger partial charge in [-0.3, -0.25) is 14.4 Å². The van der Waals surface area contributed by atoms with Gasteiger partial charge in [-0.05, 0) is 36.0 Å². The number of hydrogen-bond acceptors (Lipinski definition) is 3. The number of carbonyl (C=O) groups is 3. The molecule has 0 aliphatic carbocycles. The van der Waals surface area contributed by atoms with Crippen LogP contribution in [0.1, 0.15) is 38.5 Å². The van der Waals surface area contributed by atoms with E-state index in [0.717, 1.165) is 6.42 Å². The summed E-state index contributed by atoms with van der Waals surface area (Å²) in [5.74, 6) is -0.0915. The normalized spacial score (nSPS) is 12.2. The highest BCUT2D eigenvalue weighted by Gasteiger charge is 2.16. The summed E-state index contributed by atoms with van der Waals surface area (Å²) in [6.07, 6.45) is 2.75. The molecule has 1 atom stereocenters. The van der Waals surface area contributed by atoms with E-state index in [0.29, 0.717) is 25.7 Å². The molecule has 0 aliphatic heterocycles. The summed E-state index contributed by atoms with van der Waals surface area (Å²) < 4.78 is 0. The van der Waals surface area contributed by atoms with Gasteiger partial charge in [0, 0.05) is 19.3 Å². The lowest BCUT2D eigenvalue weighted by molar-refractivity contribution is -0.121. The minimum Gasteiger partial charge on any atom is -0.300 e. The van der Waals surface area contributed by atoms with Crippen LogP contribution < -0.4 is 0 Å². The van der Waals surface area contributed by atoms with Gasteiger partial charge in [-0.15, -0.1) is 11.6 Å².